The quantitative estimate of drug-likeness (QED) is 0.784. The molecule has 1 heterocycles. The summed E-state index contributed by atoms with van der Waals surface area (Å²) in [6.45, 7) is 2.00. The average Bonchev–Trinajstić information content (AvgIpc) is 2.85. The van der Waals surface area contributed by atoms with E-state index in [0.29, 0.717) is 17.9 Å². The highest BCUT2D eigenvalue weighted by Gasteiger charge is 2.11. The lowest BCUT2D eigenvalue weighted by Crippen LogP contribution is -2.02. The minimum absolute atomic E-state index is 0.122. The van der Waals surface area contributed by atoms with E-state index in [9.17, 15) is 4.79 Å². The monoisotopic (exact) mass is 276 g/mol. The van der Waals surface area contributed by atoms with Gasteiger partial charge in [-0.1, -0.05) is 6.07 Å². The van der Waals surface area contributed by atoms with Gasteiger partial charge < -0.3 is 9.47 Å². The zero-order chi connectivity index (χ0) is 13.8. The van der Waals surface area contributed by atoms with Crippen molar-refractivity contribution < 1.29 is 14.3 Å². The van der Waals surface area contributed by atoms with Crippen LogP contribution in [0.2, 0.25) is 0 Å². The topological polar surface area (TPSA) is 35.5 Å². The Kier molecular flexibility index (Phi) is 4.22. The van der Waals surface area contributed by atoms with Gasteiger partial charge in [0.15, 0.2) is 17.3 Å². The van der Waals surface area contributed by atoms with Crippen molar-refractivity contribution in [2.75, 3.05) is 14.2 Å². The van der Waals surface area contributed by atoms with Crippen LogP contribution < -0.4 is 9.47 Å². The van der Waals surface area contributed by atoms with Gasteiger partial charge in [0.05, 0.1) is 14.2 Å². The van der Waals surface area contributed by atoms with Gasteiger partial charge >= 0.3 is 0 Å². The Morgan fingerprint density at radius 3 is 2.47 bits per heavy atom. The van der Waals surface area contributed by atoms with Gasteiger partial charge in [-0.15, -0.1) is 11.3 Å². The molecule has 0 bridgehead atoms. The maximum atomic E-state index is 12.1. The van der Waals surface area contributed by atoms with Crippen LogP contribution in [0.1, 0.15) is 20.8 Å². The summed E-state index contributed by atoms with van der Waals surface area (Å²) in [7, 11) is 3.18. The molecule has 0 aliphatic carbocycles. The Balaban J connectivity index is 2.17. The van der Waals surface area contributed by atoms with Crippen LogP contribution in [0.3, 0.4) is 0 Å². The number of aryl methyl sites for hydroxylation is 1. The van der Waals surface area contributed by atoms with Crippen molar-refractivity contribution in [2.24, 2.45) is 0 Å². The second-order valence-corrected chi connectivity index (χ2v) is 5.35. The average molecular weight is 276 g/mol. The molecule has 0 radical (unpaired) electrons. The summed E-state index contributed by atoms with van der Waals surface area (Å²) in [5.74, 6) is 1.44. The summed E-state index contributed by atoms with van der Waals surface area (Å²) < 4.78 is 10.4. The SMILES string of the molecule is COc1ccc(CC(=O)c2csc(C)c2)cc1OC. The fourth-order valence-electron chi connectivity index (χ4n) is 1.87. The Labute approximate surface area is 116 Å². The van der Waals surface area contributed by atoms with Crippen molar-refractivity contribution in [3.63, 3.8) is 0 Å². The molecule has 0 spiro atoms. The Bertz CT molecular complexity index is 587. The molecule has 2 aromatic rings. The van der Waals surface area contributed by atoms with Crippen LogP contribution in [0.4, 0.5) is 0 Å². The van der Waals surface area contributed by atoms with Crippen molar-refractivity contribution in [3.05, 3.63) is 45.6 Å². The first-order valence-corrected chi connectivity index (χ1v) is 6.81. The van der Waals surface area contributed by atoms with E-state index >= 15 is 0 Å². The van der Waals surface area contributed by atoms with Crippen molar-refractivity contribution in [2.45, 2.75) is 13.3 Å². The first kappa shape index (κ1) is 13.6. The van der Waals surface area contributed by atoms with Gasteiger partial charge in [0.1, 0.15) is 0 Å². The van der Waals surface area contributed by atoms with E-state index in [4.69, 9.17) is 9.47 Å². The number of Topliss-reactive ketones (excluding diaryl/α,β-unsaturated/α-hetero) is 1. The molecule has 0 amide bonds. The van der Waals surface area contributed by atoms with Gasteiger partial charge in [0.2, 0.25) is 0 Å². The molecule has 3 nitrogen and oxygen atoms in total. The highest BCUT2D eigenvalue weighted by Crippen LogP contribution is 2.28. The number of rotatable bonds is 5. The van der Waals surface area contributed by atoms with Crippen molar-refractivity contribution >= 4 is 17.1 Å². The first-order chi connectivity index (χ1) is 9.13. The van der Waals surface area contributed by atoms with Crippen LogP contribution in [0.25, 0.3) is 0 Å². The molecule has 100 valence electrons. The van der Waals surface area contributed by atoms with Crippen molar-refractivity contribution in [3.8, 4) is 11.5 Å². The second kappa shape index (κ2) is 5.89. The second-order valence-electron chi connectivity index (χ2n) is 4.24. The summed E-state index contributed by atoms with van der Waals surface area (Å²) in [5.41, 5.74) is 1.70. The number of methoxy groups -OCH3 is 2. The lowest BCUT2D eigenvalue weighted by molar-refractivity contribution is 0.0993. The lowest BCUT2D eigenvalue weighted by Gasteiger charge is -2.09. The molecular formula is C15H16O3S. The van der Waals surface area contributed by atoms with Crippen molar-refractivity contribution in [1.29, 1.82) is 0 Å². The Morgan fingerprint density at radius 2 is 1.89 bits per heavy atom. The molecule has 0 aliphatic rings. The molecule has 0 N–H and O–H groups in total. The summed E-state index contributed by atoms with van der Waals surface area (Å²) in [6, 6.07) is 7.47. The van der Waals surface area contributed by atoms with Crippen LogP contribution in [0.15, 0.2) is 29.6 Å². The number of carbonyl (C=O) groups excluding carboxylic acids is 1. The van der Waals surface area contributed by atoms with E-state index in [2.05, 4.69) is 0 Å². The van der Waals surface area contributed by atoms with Crippen molar-refractivity contribution in [1.82, 2.24) is 0 Å². The minimum Gasteiger partial charge on any atom is -0.493 e. The highest BCUT2D eigenvalue weighted by atomic mass is 32.1. The van der Waals surface area contributed by atoms with Crippen LogP contribution in [0, 0.1) is 6.92 Å². The molecule has 4 heteroatoms. The van der Waals surface area contributed by atoms with Gasteiger partial charge in [-0.25, -0.2) is 0 Å². The van der Waals surface area contributed by atoms with Crippen LogP contribution in [0.5, 0.6) is 11.5 Å². The number of benzene rings is 1. The molecule has 0 saturated carbocycles. The standard InChI is InChI=1S/C15H16O3S/c1-10-6-12(9-19-10)13(16)7-11-4-5-14(17-2)15(8-11)18-3/h4-6,8-9H,7H2,1-3H3. The van der Waals surface area contributed by atoms with Gasteiger partial charge in [0.25, 0.3) is 0 Å². The number of thiophene rings is 1. The zero-order valence-corrected chi connectivity index (χ0v) is 12.0. The molecule has 0 atom stereocenters. The third kappa shape index (κ3) is 3.15. The van der Waals surface area contributed by atoms with Gasteiger partial charge in [-0.05, 0) is 30.7 Å². The van der Waals surface area contributed by atoms with E-state index < -0.39 is 0 Å². The predicted octanol–water partition coefficient (Wildman–Crippen LogP) is 3.50. The smallest absolute Gasteiger partial charge is 0.168 e. The maximum absolute atomic E-state index is 12.1. The third-order valence-corrected chi connectivity index (χ3v) is 3.73. The normalized spacial score (nSPS) is 10.3. The Hall–Kier alpha value is -1.81. The molecule has 19 heavy (non-hydrogen) atoms. The van der Waals surface area contributed by atoms with Gasteiger partial charge in [-0.2, -0.15) is 0 Å². The Morgan fingerprint density at radius 1 is 1.16 bits per heavy atom. The summed E-state index contributed by atoms with van der Waals surface area (Å²) in [5, 5.41) is 1.90. The van der Waals surface area contributed by atoms with E-state index in [0.717, 1.165) is 16.0 Å². The number of hydrogen-bond acceptors (Lipinski definition) is 4. The number of hydrogen-bond donors (Lipinski definition) is 0. The fraction of sp³-hybridized carbons (Fsp3) is 0.267. The maximum Gasteiger partial charge on any atom is 0.168 e. The van der Waals surface area contributed by atoms with Crippen LogP contribution in [-0.4, -0.2) is 20.0 Å². The van der Waals surface area contributed by atoms with Crippen LogP contribution in [-0.2, 0) is 6.42 Å². The highest BCUT2D eigenvalue weighted by molar-refractivity contribution is 7.10. The van der Waals surface area contributed by atoms with E-state index in [1.165, 1.54) is 0 Å². The van der Waals surface area contributed by atoms with E-state index in [1.807, 2.05) is 36.6 Å². The van der Waals surface area contributed by atoms with Gasteiger partial charge in [-0.3, -0.25) is 4.79 Å². The number of carbonyl (C=O) groups is 1. The van der Waals surface area contributed by atoms with Crippen LogP contribution >= 0.6 is 11.3 Å². The fourth-order valence-corrected chi connectivity index (χ4v) is 2.58. The summed E-state index contributed by atoms with van der Waals surface area (Å²) in [4.78, 5) is 13.3. The molecule has 0 unspecified atom stereocenters. The largest absolute Gasteiger partial charge is 0.493 e. The van der Waals surface area contributed by atoms with Gasteiger partial charge in [0, 0.05) is 22.2 Å². The minimum atomic E-state index is 0.122. The predicted molar refractivity (Wildman–Crippen MR) is 76.6 cm³/mol. The summed E-state index contributed by atoms with van der Waals surface area (Å²) in [6.07, 6.45) is 0.372. The molecular weight excluding hydrogens is 260 g/mol. The number of ketones is 1. The number of ether oxygens (including phenoxy) is 2. The summed E-state index contributed by atoms with van der Waals surface area (Å²) >= 11 is 1.59. The zero-order valence-electron chi connectivity index (χ0n) is 11.2. The molecule has 1 aromatic heterocycles. The van der Waals surface area contributed by atoms with E-state index in [1.54, 1.807) is 25.6 Å². The molecule has 0 aliphatic heterocycles. The molecule has 2 rings (SSSR count). The third-order valence-electron chi connectivity index (χ3n) is 2.87. The molecule has 0 saturated heterocycles. The van der Waals surface area contributed by atoms with E-state index in [-0.39, 0.29) is 5.78 Å². The molecule has 1 aromatic carbocycles. The molecule has 0 fully saturated rings. The first-order valence-electron chi connectivity index (χ1n) is 5.93. The lowest BCUT2D eigenvalue weighted by atomic mass is 10.0.